The number of unbranched alkanes of at least 4 members (excludes halogenated alkanes) is 1. The lowest BCUT2D eigenvalue weighted by Gasteiger charge is -2.33. The molecule has 0 radical (unpaired) electrons. The minimum Gasteiger partial charge on any atom is -0.480 e. The van der Waals surface area contributed by atoms with Gasteiger partial charge in [-0.1, -0.05) is 26.0 Å². The third-order valence-electron chi connectivity index (χ3n) is 10.7. The van der Waals surface area contributed by atoms with Crippen molar-refractivity contribution in [3.8, 4) is 0 Å². The second-order valence-corrected chi connectivity index (χ2v) is 17.6. The number of rotatable bonds is 24. The van der Waals surface area contributed by atoms with Gasteiger partial charge in [0.25, 0.3) is 11.8 Å². The molecule has 2 aliphatic heterocycles. The van der Waals surface area contributed by atoms with E-state index in [2.05, 4.69) is 26.2 Å². The van der Waals surface area contributed by atoms with E-state index in [1.54, 1.807) is 28.5 Å². The molecule has 8 N–H and O–H groups in total. The van der Waals surface area contributed by atoms with E-state index < -0.39 is 71.5 Å². The SMILES string of the molecule is CSCCC(NC(=S)Nc1ccc(CN2CCN(CC(=O)O)CCN(CC(=O)O)CCN(CC(=O)O)CC2)cc1)C(=O)NC(C(=O)NC(CCCCN1C(=O)C=CC1=O)C(=O)O)C(C)C. The number of hydrogen-bond donors (Lipinski definition) is 8. The normalized spacial score (nSPS) is 17.4. The van der Waals surface area contributed by atoms with Crippen molar-refractivity contribution in [3.63, 3.8) is 0 Å². The highest BCUT2D eigenvalue weighted by Crippen LogP contribution is 2.14. The van der Waals surface area contributed by atoms with Gasteiger partial charge in [0.05, 0.1) is 19.6 Å². The van der Waals surface area contributed by atoms with Crippen molar-refractivity contribution in [1.82, 2.24) is 40.4 Å². The number of anilines is 1. The largest absolute Gasteiger partial charge is 0.480 e. The van der Waals surface area contributed by atoms with Crippen LogP contribution in [0, 0.1) is 5.92 Å². The van der Waals surface area contributed by atoms with Crippen molar-refractivity contribution in [2.45, 2.75) is 64.2 Å². The molecule has 3 atom stereocenters. The molecule has 2 aliphatic rings. The van der Waals surface area contributed by atoms with Gasteiger partial charge in [0, 0.05) is 83.3 Å². The van der Waals surface area contributed by atoms with Gasteiger partial charge in [0.1, 0.15) is 18.1 Å². The quantitative estimate of drug-likeness (QED) is 0.0381. The number of carboxylic acids is 4. The lowest BCUT2D eigenvalue weighted by molar-refractivity contribution is -0.143. The molecule has 360 valence electrons. The third-order valence-corrected chi connectivity index (χ3v) is 11.6. The van der Waals surface area contributed by atoms with E-state index in [0.29, 0.717) is 89.6 Å². The van der Waals surface area contributed by atoms with Gasteiger partial charge in [0.15, 0.2) is 5.11 Å². The maximum absolute atomic E-state index is 13.7. The standard InChI is InChI=1S/C42H63N9O12S2/c1-28(2)38(40(61)44-32(41(62)63)6-4-5-14-51-33(52)11-12-34(51)53)46-39(60)31(13-23-65-3)45-42(64)43-30-9-7-29(8-10-30)24-47-15-17-48(25-35(54)55)19-21-50(27-37(58)59)22-20-49(18-16-47)26-36(56)57/h7-12,28,31-32,38H,4-6,13-27H2,1-3H3,(H,44,61)(H,46,60)(H,54,55)(H,56,57)(H,58,59)(H,62,63)(H2,43,45,64). The zero-order valence-corrected chi connectivity index (χ0v) is 38.7. The van der Waals surface area contributed by atoms with Gasteiger partial charge in [-0.25, -0.2) is 4.79 Å². The second kappa shape index (κ2) is 28.0. The summed E-state index contributed by atoms with van der Waals surface area (Å²) in [6.07, 6.45) is 5.27. The predicted octanol–water partition coefficient (Wildman–Crippen LogP) is -0.124. The molecule has 0 aliphatic carbocycles. The Balaban J connectivity index is 1.62. The lowest BCUT2D eigenvalue weighted by Crippen LogP contribution is -2.57. The van der Waals surface area contributed by atoms with E-state index in [1.807, 2.05) is 30.5 Å². The van der Waals surface area contributed by atoms with Crippen LogP contribution in [0.25, 0.3) is 0 Å². The fourth-order valence-corrected chi connectivity index (χ4v) is 7.88. The molecule has 1 aromatic carbocycles. The molecular formula is C42H63N9O12S2. The van der Waals surface area contributed by atoms with Crippen molar-refractivity contribution >= 4 is 82.3 Å². The van der Waals surface area contributed by atoms with Crippen LogP contribution in [0.15, 0.2) is 36.4 Å². The van der Waals surface area contributed by atoms with Crippen LogP contribution in [0.1, 0.15) is 45.1 Å². The summed E-state index contributed by atoms with van der Waals surface area (Å²) in [6.45, 7) is 6.28. The number of thiocarbonyl (C=S) groups is 1. The van der Waals surface area contributed by atoms with E-state index in [-0.39, 0.29) is 37.7 Å². The number of amides is 4. The molecule has 21 nitrogen and oxygen atoms in total. The predicted molar refractivity (Wildman–Crippen MR) is 246 cm³/mol. The van der Waals surface area contributed by atoms with Crippen molar-refractivity contribution < 1.29 is 58.8 Å². The average Bonchev–Trinajstić information content (AvgIpc) is 3.55. The maximum atomic E-state index is 13.7. The summed E-state index contributed by atoms with van der Waals surface area (Å²) in [4.78, 5) is 106. The van der Waals surface area contributed by atoms with Crippen LogP contribution in [0.4, 0.5) is 5.69 Å². The number of imide groups is 1. The van der Waals surface area contributed by atoms with Gasteiger partial charge in [-0.15, -0.1) is 0 Å². The summed E-state index contributed by atoms with van der Waals surface area (Å²) >= 11 is 7.11. The number of nitrogens with one attached hydrogen (secondary N) is 4. The lowest BCUT2D eigenvalue weighted by atomic mass is 10.0. The first-order valence-corrected chi connectivity index (χ1v) is 23.2. The van der Waals surface area contributed by atoms with E-state index in [9.17, 15) is 58.8 Å². The highest BCUT2D eigenvalue weighted by Gasteiger charge is 2.31. The van der Waals surface area contributed by atoms with Crippen molar-refractivity contribution in [2.75, 3.05) is 95.9 Å². The Labute approximate surface area is 388 Å². The molecule has 3 rings (SSSR count). The molecule has 1 aromatic rings. The molecule has 23 heteroatoms. The molecule has 2 heterocycles. The Bertz CT molecular complexity index is 1800. The summed E-state index contributed by atoms with van der Waals surface area (Å²) in [5, 5.41) is 49.9. The average molecular weight is 950 g/mol. The van der Waals surface area contributed by atoms with Crippen LogP contribution in [-0.2, 0) is 44.9 Å². The van der Waals surface area contributed by atoms with Crippen LogP contribution < -0.4 is 21.3 Å². The monoisotopic (exact) mass is 949 g/mol. The van der Waals surface area contributed by atoms with Gasteiger partial charge in [-0.2, -0.15) is 11.8 Å². The molecule has 1 fully saturated rings. The molecule has 0 saturated carbocycles. The summed E-state index contributed by atoms with van der Waals surface area (Å²) < 4.78 is 0. The summed E-state index contributed by atoms with van der Waals surface area (Å²) in [5.74, 6) is -6.17. The van der Waals surface area contributed by atoms with Crippen molar-refractivity contribution in [3.05, 3.63) is 42.0 Å². The number of nitrogens with zero attached hydrogens (tertiary/aromatic N) is 5. The first kappa shape index (κ1) is 54.1. The summed E-state index contributed by atoms with van der Waals surface area (Å²) in [6, 6.07) is 4.19. The van der Waals surface area contributed by atoms with E-state index >= 15 is 0 Å². The van der Waals surface area contributed by atoms with Gasteiger partial charge in [0.2, 0.25) is 11.8 Å². The zero-order chi connectivity index (χ0) is 48.1. The molecule has 0 spiro atoms. The van der Waals surface area contributed by atoms with Crippen LogP contribution in [0.5, 0.6) is 0 Å². The van der Waals surface area contributed by atoms with Gasteiger partial charge in [-0.05, 0) is 73.5 Å². The van der Waals surface area contributed by atoms with Crippen LogP contribution in [-0.4, -0.2) is 206 Å². The Kier molecular flexibility index (Phi) is 23.3. The highest BCUT2D eigenvalue weighted by atomic mass is 32.2. The molecule has 4 amide bonds. The summed E-state index contributed by atoms with van der Waals surface area (Å²) in [5.41, 5.74) is 1.53. The molecule has 3 unspecified atom stereocenters. The minimum absolute atomic E-state index is 0.0408. The molecule has 65 heavy (non-hydrogen) atoms. The molecule has 0 bridgehead atoms. The number of carboxylic acid groups (broad SMARTS) is 4. The zero-order valence-electron chi connectivity index (χ0n) is 37.1. The van der Waals surface area contributed by atoms with Crippen LogP contribution in [0.2, 0.25) is 0 Å². The first-order chi connectivity index (χ1) is 30.8. The number of thioether (sulfide) groups is 1. The summed E-state index contributed by atoms with van der Waals surface area (Å²) in [7, 11) is 0. The Hall–Kier alpha value is -5.20. The van der Waals surface area contributed by atoms with Gasteiger partial charge in [-0.3, -0.25) is 58.1 Å². The molecule has 1 saturated heterocycles. The number of carbonyl (C=O) groups is 8. The Morgan fingerprint density at radius 1 is 0.662 bits per heavy atom. The van der Waals surface area contributed by atoms with Crippen LogP contribution in [0.3, 0.4) is 0 Å². The number of hydrogen-bond acceptors (Lipinski definition) is 14. The fourth-order valence-electron chi connectivity index (χ4n) is 7.14. The highest BCUT2D eigenvalue weighted by molar-refractivity contribution is 7.98. The van der Waals surface area contributed by atoms with Crippen molar-refractivity contribution in [1.29, 1.82) is 0 Å². The van der Waals surface area contributed by atoms with Gasteiger partial charge < -0.3 is 41.7 Å². The van der Waals surface area contributed by atoms with Gasteiger partial charge >= 0.3 is 23.9 Å². The maximum Gasteiger partial charge on any atom is 0.326 e. The van der Waals surface area contributed by atoms with Crippen molar-refractivity contribution in [2.24, 2.45) is 5.92 Å². The smallest absolute Gasteiger partial charge is 0.326 e. The van der Waals surface area contributed by atoms with E-state index in [4.69, 9.17) is 12.2 Å². The van der Waals surface area contributed by atoms with E-state index in [0.717, 1.165) is 10.5 Å². The molecular weight excluding hydrogens is 887 g/mol. The number of aliphatic carboxylic acids is 4. The second-order valence-electron chi connectivity index (χ2n) is 16.2. The number of benzene rings is 1. The fraction of sp³-hybridized carbons (Fsp3) is 0.595. The minimum atomic E-state index is -1.27. The first-order valence-electron chi connectivity index (χ1n) is 21.4. The number of carbonyl (C=O) groups excluding carboxylic acids is 4. The topological polar surface area (TPSA) is 282 Å². The Morgan fingerprint density at radius 3 is 1.60 bits per heavy atom. The van der Waals surface area contributed by atoms with Crippen LogP contribution >= 0.6 is 24.0 Å². The Morgan fingerprint density at radius 2 is 1.15 bits per heavy atom. The van der Waals surface area contributed by atoms with E-state index in [1.165, 1.54) is 23.9 Å². The third kappa shape index (κ3) is 20.2. The molecule has 0 aromatic heterocycles.